The molecular weight excluding hydrogens is 296 g/mol. The Morgan fingerprint density at radius 1 is 1.32 bits per heavy atom. The zero-order valence-electron chi connectivity index (χ0n) is 12.3. The van der Waals surface area contributed by atoms with E-state index in [1.807, 2.05) is 35.2 Å². The van der Waals surface area contributed by atoms with Crippen LogP contribution in [-0.4, -0.2) is 42.6 Å². The van der Waals surface area contributed by atoms with Gasteiger partial charge in [-0.25, -0.2) is 4.98 Å². The van der Waals surface area contributed by atoms with Crippen molar-refractivity contribution in [1.29, 1.82) is 0 Å². The van der Waals surface area contributed by atoms with Crippen LogP contribution in [0.25, 0.3) is 0 Å². The molecule has 0 atom stereocenters. The minimum absolute atomic E-state index is 0.0450. The Morgan fingerprint density at radius 2 is 2.14 bits per heavy atom. The number of fused-ring (bicyclic) bond motifs is 1. The second-order valence-electron chi connectivity index (χ2n) is 4.95. The van der Waals surface area contributed by atoms with E-state index in [4.69, 9.17) is 4.74 Å². The predicted molar refractivity (Wildman–Crippen MR) is 86.0 cm³/mol. The molecule has 0 N–H and O–H groups in total. The highest BCUT2D eigenvalue weighted by atomic mass is 32.1. The number of methoxy groups -OCH3 is 1. The van der Waals surface area contributed by atoms with Crippen molar-refractivity contribution in [3.05, 3.63) is 51.5 Å². The Hall–Kier alpha value is -2.16. The molecule has 0 bridgehead atoms. The van der Waals surface area contributed by atoms with E-state index in [2.05, 4.69) is 16.8 Å². The van der Waals surface area contributed by atoms with Crippen LogP contribution in [0.2, 0.25) is 0 Å². The zero-order chi connectivity index (χ0) is 15.4. The van der Waals surface area contributed by atoms with Crippen molar-refractivity contribution >= 4 is 17.2 Å². The minimum atomic E-state index is 0.0450. The van der Waals surface area contributed by atoms with Gasteiger partial charge in [-0.15, -0.1) is 11.3 Å². The summed E-state index contributed by atoms with van der Waals surface area (Å²) in [5.74, 6) is 6.19. The number of hydrogen-bond donors (Lipinski definition) is 0. The molecule has 0 saturated heterocycles. The van der Waals surface area contributed by atoms with Crippen molar-refractivity contribution in [3.8, 4) is 11.8 Å². The normalized spacial score (nSPS) is 13.5. The third kappa shape index (κ3) is 3.19. The van der Waals surface area contributed by atoms with Gasteiger partial charge in [-0.2, -0.15) is 0 Å². The SMILES string of the molecule is COCCN1CCc2nc(C#Cc3ccccc3)sc2C1=O. The molecule has 2 aromatic rings. The Kier molecular flexibility index (Phi) is 4.52. The van der Waals surface area contributed by atoms with E-state index in [1.165, 1.54) is 11.3 Å². The maximum Gasteiger partial charge on any atom is 0.265 e. The van der Waals surface area contributed by atoms with Crippen LogP contribution in [0.5, 0.6) is 0 Å². The second kappa shape index (κ2) is 6.73. The maximum absolute atomic E-state index is 12.4. The molecule has 0 aliphatic carbocycles. The molecule has 1 aliphatic heterocycles. The van der Waals surface area contributed by atoms with Crippen molar-refractivity contribution in [1.82, 2.24) is 9.88 Å². The van der Waals surface area contributed by atoms with Gasteiger partial charge in [0.2, 0.25) is 0 Å². The number of carbonyl (C=O) groups excluding carboxylic acids is 1. The van der Waals surface area contributed by atoms with Crippen molar-refractivity contribution < 1.29 is 9.53 Å². The lowest BCUT2D eigenvalue weighted by Gasteiger charge is -2.25. The van der Waals surface area contributed by atoms with Crippen LogP contribution in [-0.2, 0) is 11.2 Å². The van der Waals surface area contributed by atoms with Crippen molar-refractivity contribution in [2.24, 2.45) is 0 Å². The average Bonchev–Trinajstić information content (AvgIpc) is 2.97. The van der Waals surface area contributed by atoms with Gasteiger partial charge in [-0.3, -0.25) is 4.79 Å². The molecule has 1 amide bonds. The average molecular weight is 312 g/mol. The smallest absolute Gasteiger partial charge is 0.265 e. The number of carbonyl (C=O) groups is 1. The summed E-state index contributed by atoms with van der Waals surface area (Å²) in [4.78, 5) is 19.4. The first-order valence-electron chi connectivity index (χ1n) is 7.13. The molecule has 5 heteroatoms. The van der Waals surface area contributed by atoms with Gasteiger partial charge in [0.15, 0.2) is 5.01 Å². The van der Waals surface area contributed by atoms with Crippen LogP contribution in [0.4, 0.5) is 0 Å². The molecule has 1 aromatic heterocycles. The molecule has 0 spiro atoms. The molecular formula is C17H16N2O2S. The summed E-state index contributed by atoms with van der Waals surface area (Å²) < 4.78 is 5.05. The molecule has 0 unspecified atom stereocenters. The number of benzene rings is 1. The number of hydrogen-bond acceptors (Lipinski definition) is 4. The van der Waals surface area contributed by atoms with Gasteiger partial charge in [-0.05, 0) is 18.1 Å². The Bertz CT molecular complexity index is 728. The molecule has 0 saturated carbocycles. The molecule has 22 heavy (non-hydrogen) atoms. The minimum Gasteiger partial charge on any atom is -0.383 e. The molecule has 0 fully saturated rings. The van der Waals surface area contributed by atoms with Crippen LogP contribution >= 0.6 is 11.3 Å². The van der Waals surface area contributed by atoms with E-state index in [-0.39, 0.29) is 5.91 Å². The van der Waals surface area contributed by atoms with Crippen molar-refractivity contribution in [2.45, 2.75) is 6.42 Å². The summed E-state index contributed by atoms with van der Waals surface area (Å²) in [5.41, 5.74) is 1.82. The lowest BCUT2D eigenvalue weighted by molar-refractivity contribution is 0.0683. The van der Waals surface area contributed by atoms with E-state index < -0.39 is 0 Å². The van der Waals surface area contributed by atoms with Gasteiger partial charge < -0.3 is 9.64 Å². The summed E-state index contributed by atoms with van der Waals surface area (Å²) >= 11 is 1.38. The van der Waals surface area contributed by atoms with E-state index in [0.29, 0.717) is 24.7 Å². The van der Waals surface area contributed by atoms with Gasteiger partial charge in [0.25, 0.3) is 5.91 Å². The molecule has 1 aliphatic rings. The Balaban J connectivity index is 1.79. The van der Waals surface area contributed by atoms with Crippen molar-refractivity contribution in [3.63, 3.8) is 0 Å². The number of rotatable bonds is 3. The van der Waals surface area contributed by atoms with Crippen LogP contribution in [0.1, 0.15) is 25.9 Å². The largest absolute Gasteiger partial charge is 0.383 e. The Labute approximate surface area is 133 Å². The summed E-state index contributed by atoms with van der Waals surface area (Å²) in [6, 6.07) is 9.78. The van der Waals surface area contributed by atoms with Crippen LogP contribution in [0.3, 0.4) is 0 Å². The number of amides is 1. The third-order valence-corrected chi connectivity index (χ3v) is 4.45. The second-order valence-corrected chi connectivity index (χ2v) is 5.94. The fourth-order valence-corrected chi connectivity index (χ4v) is 3.22. The first-order valence-corrected chi connectivity index (χ1v) is 7.94. The van der Waals surface area contributed by atoms with Gasteiger partial charge >= 0.3 is 0 Å². The highest BCUT2D eigenvalue weighted by Gasteiger charge is 2.27. The first-order chi connectivity index (χ1) is 10.8. The first kappa shape index (κ1) is 14.8. The number of thiazole rings is 1. The van der Waals surface area contributed by atoms with Gasteiger partial charge in [-0.1, -0.05) is 24.1 Å². The fourth-order valence-electron chi connectivity index (χ4n) is 2.29. The molecule has 1 aromatic carbocycles. The number of nitrogens with zero attached hydrogens (tertiary/aromatic N) is 2. The van der Waals surface area contributed by atoms with Gasteiger partial charge in [0.1, 0.15) is 4.88 Å². The van der Waals surface area contributed by atoms with Gasteiger partial charge in [0.05, 0.1) is 12.3 Å². The number of aromatic nitrogens is 1. The Morgan fingerprint density at radius 3 is 2.91 bits per heavy atom. The van der Waals surface area contributed by atoms with Crippen LogP contribution in [0.15, 0.2) is 30.3 Å². The number of ether oxygens (including phenoxy) is 1. The monoisotopic (exact) mass is 312 g/mol. The zero-order valence-corrected chi connectivity index (χ0v) is 13.2. The van der Waals surface area contributed by atoms with Crippen LogP contribution < -0.4 is 0 Å². The maximum atomic E-state index is 12.4. The van der Waals surface area contributed by atoms with Crippen molar-refractivity contribution in [2.75, 3.05) is 26.8 Å². The summed E-state index contributed by atoms with van der Waals surface area (Å²) in [5, 5.41) is 0.704. The van der Waals surface area contributed by atoms with E-state index in [1.54, 1.807) is 7.11 Å². The molecule has 0 radical (unpaired) electrons. The highest BCUT2D eigenvalue weighted by Crippen LogP contribution is 2.24. The lowest BCUT2D eigenvalue weighted by atomic mass is 10.1. The molecule has 2 heterocycles. The topological polar surface area (TPSA) is 42.4 Å². The molecule has 112 valence electrons. The summed E-state index contributed by atoms with van der Waals surface area (Å²) in [6.07, 6.45) is 0.786. The van der Waals surface area contributed by atoms with E-state index >= 15 is 0 Å². The van der Waals surface area contributed by atoms with E-state index in [0.717, 1.165) is 22.6 Å². The van der Waals surface area contributed by atoms with E-state index in [9.17, 15) is 4.79 Å². The molecule has 4 nitrogen and oxygen atoms in total. The standard InChI is InChI=1S/C17H16N2O2S/c1-21-12-11-19-10-9-14-16(17(19)20)22-15(18-14)8-7-13-5-3-2-4-6-13/h2-6H,9-12H2,1H3. The third-order valence-electron chi connectivity index (χ3n) is 3.45. The molecule has 3 rings (SSSR count). The fraction of sp³-hybridized carbons (Fsp3) is 0.294. The highest BCUT2D eigenvalue weighted by molar-refractivity contribution is 7.14. The quantitative estimate of drug-likeness (QED) is 0.816. The summed E-state index contributed by atoms with van der Waals surface area (Å²) in [6.45, 7) is 1.88. The van der Waals surface area contributed by atoms with Crippen LogP contribution in [0, 0.1) is 11.8 Å². The van der Waals surface area contributed by atoms with Gasteiger partial charge in [0, 0.05) is 32.2 Å². The summed E-state index contributed by atoms with van der Waals surface area (Å²) in [7, 11) is 1.64. The lowest BCUT2D eigenvalue weighted by Crippen LogP contribution is -2.38. The predicted octanol–water partition coefficient (Wildman–Crippen LogP) is 2.19.